The van der Waals surface area contributed by atoms with Gasteiger partial charge in [-0.1, -0.05) is 19.8 Å². The fraction of sp³-hybridized carbons (Fsp3) is 1.00. The molecule has 1 fully saturated rings. The molecule has 0 aromatic carbocycles. The Hall–Kier alpha value is -0.120. The number of rotatable bonds is 5. The molecule has 3 nitrogen and oxygen atoms in total. The molecule has 1 aliphatic heterocycles. The van der Waals surface area contributed by atoms with Gasteiger partial charge in [-0.15, -0.1) is 0 Å². The van der Waals surface area contributed by atoms with E-state index >= 15 is 0 Å². The molecule has 18 heavy (non-hydrogen) atoms. The molecule has 0 aromatic heterocycles. The lowest BCUT2D eigenvalue weighted by molar-refractivity contribution is 0.0159. The van der Waals surface area contributed by atoms with Crippen LogP contribution in [0.3, 0.4) is 0 Å². The zero-order chi connectivity index (χ0) is 13.8. The topological polar surface area (TPSA) is 49.5 Å². The normalized spacial score (nSPS) is 29.3. The van der Waals surface area contributed by atoms with Crippen molar-refractivity contribution in [1.82, 2.24) is 4.90 Å². The first-order valence-corrected chi connectivity index (χ1v) is 7.62. The van der Waals surface area contributed by atoms with E-state index in [1.165, 1.54) is 25.7 Å². The number of hydrogen-bond acceptors (Lipinski definition) is 3. The Morgan fingerprint density at radius 3 is 2.50 bits per heavy atom. The summed E-state index contributed by atoms with van der Waals surface area (Å²) in [5.74, 6) is 0. The highest BCUT2D eigenvalue weighted by atomic mass is 16.3. The van der Waals surface area contributed by atoms with Crippen molar-refractivity contribution in [2.75, 3.05) is 6.54 Å². The Labute approximate surface area is 113 Å². The fourth-order valence-electron chi connectivity index (χ4n) is 3.28. The van der Waals surface area contributed by atoms with Gasteiger partial charge in [-0.3, -0.25) is 4.90 Å². The second-order valence-corrected chi connectivity index (χ2v) is 6.28. The Bertz CT molecular complexity index is 243. The Morgan fingerprint density at radius 1 is 1.33 bits per heavy atom. The third-order valence-electron chi connectivity index (χ3n) is 4.84. The van der Waals surface area contributed by atoms with Gasteiger partial charge < -0.3 is 10.8 Å². The highest BCUT2D eigenvalue weighted by Gasteiger charge is 2.38. The van der Waals surface area contributed by atoms with Crippen LogP contribution in [0.25, 0.3) is 0 Å². The minimum absolute atomic E-state index is 0.0594. The third kappa shape index (κ3) is 3.69. The molecule has 0 radical (unpaired) electrons. The first-order chi connectivity index (χ1) is 8.41. The summed E-state index contributed by atoms with van der Waals surface area (Å²) in [6, 6.07) is 0.653. The van der Waals surface area contributed by atoms with Crippen LogP contribution in [0.1, 0.15) is 66.2 Å². The minimum atomic E-state index is -0.218. The van der Waals surface area contributed by atoms with Gasteiger partial charge in [-0.25, -0.2) is 0 Å². The maximum absolute atomic E-state index is 9.73. The van der Waals surface area contributed by atoms with E-state index in [1.54, 1.807) is 0 Å². The molecule has 1 saturated heterocycles. The van der Waals surface area contributed by atoms with Gasteiger partial charge in [0.25, 0.3) is 0 Å². The van der Waals surface area contributed by atoms with Gasteiger partial charge in [0.05, 0.1) is 6.10 Å². The highest BCUT2D eigenvalue weighted by molar-refractivity contribution is 4.96. The van der Waals surface area contributed by atoms with Crippen LogP contribution in [0.4, 0.5) is 0 Å². The molecular weight excluding hydrogens is 224 g/mol. The van der Waals surface area contributed by atoms with Crippen LogP contribution in [0.2, 0.25) is 0 Å². The smallest absolute Gasteiger partial charge is 0.0527 e. The third-order valence-corrected chi connectivity index (χ3v) is 4.84. The molecule has 0 spiro atoms. The van der Waals surface area contributed by atoms with Crippen LogP contribution in [0.15, 0.2) is 0 Å². The van der Waals surface area contributed by atoms with Gasteiger partial charge in [0.15, 0.2) is 0 Å². The number of aliphatic hydroxyl groups excluding tert-OH is 1. The van der Waals surface area contributed by atoms with Crippen LogP contribution in [0.5, 0.6) is 0 Å². The average Bonchev–Trinajstić information content (AvgIpc) is 2.52. The highest BCUT2D eigenvalue weighted by Crippen LogP contribution is 2.31. The summed E-state index contributed by atoms with van der Waals surface area (Å²) >= 11 is 0. The van der Waals surface area contributed by atoms with E-state index < -0.39 is 0 Å². The lowest BCUT2D eigenvalue weighted by Gasteiger charge is -2.48. The van der Waals surface area contributed by atoms with Gasteiger partial charge in [0, 0.05) is 17.6 Å². The SMILES string of the molecule is CCC(C)(C(C)N)N1CCCCCC1CC(C)O. The first kappa shape index (κ1) is 15.9. The summed E-state index contributed by atoms with van der Waals surface area (Å²) in [7, 11) is 0. The molecule has 0 amide bonds. The quantitative estimate of drug-likeness (QED) is 0.794. The summed E-state index contributed by atoms with van der Waals surface area (Å²) in [4.78, 5) is 2.59. The van der Waals surface area contributed by atoms with Crippen molar-refractivity contribution in [2.45, 2.75) is 89.9 Å². The summed E-state index contributed by atoms with van der Waals surface area (Å²) in [6.07, 6.45) is 6.79. The Morgan fingerprint density at radius 2 is 2.00 bits per heavy atom. The molecule has 0 saturated carbocycles. The average molecular weight is 256 g/mol. The summed E-state index contributed by atoms with van der Waals surface area (Å²) in [5.41, 5.74) is 6.31. The van der Waals surface area contributed by atoms with Crippen molar-refractivity contribution in [2.24, 2.45) is 5.73 Å². The van der Waals surface area contributed by atoms with Crippen LogP contribution in [-0.2, 0) is 0 Å². The van der Waals surface area contributed by atoms with E-state index in [1.807, 2.05) is 6.92 Å². The lowest BCUT2D eigenvalue weighted by atomic mass is 9.86. The molecule has 1 aliphatic rings. The predicted octanol–water partition coefficient (Wildman–Crippen LogP) is 2.52. The molecule has 0 aromatic rings. The molecule has 0 bridgehead atoms. The second kappa shape index (κ2) is 6.88. The number of hydrogen-bond donors (Lipinski definition) is 2. The molecule has 4 unspecified atom stereocenters. The van der Waals surface area contributed by atoms with Gasteiger partial charge in [-0.05, 0) is 53.0 Å². The molecule has 108 valence electrons. The largest absolute Gasteiger partial charge is 0.393 e. The van der Waals surface area contributed by atoms with Gasteiger partial charge in [0.2, 0.25) is 0 Å². The van der Waals surface area contributed by atoms with Crippen molar-refractivity contribution in [1.29, 1.82) is 0 Å². The van der Waals surface area contributed by atoms with E-state index in [-0.39, 0.29) is 17.7 Å². The number of aliphatic hydroxyl groups is 1. The lowest BCUT2D eigenvalue weighted by Crippen LogP contribution is -2.60. The number of nitrogens with two attached hydrogens (primary N) is 1. The van der Waals surface area contributed by atoms with E-state index in [2.05, 4.69) is 25.7 Å². The first-order valence-electron chi connectivity index (χ1n) is 7.62. The molecule has 0 aliphatic carbocycles. The van der Waals surface area contributed by atoms with Crippen molar-refractivity contribution < 1.29 is 5.11 Å². The summed E-state index contributed by atoms with van der Waals surface area (Å²) in [5, 5.41) is 9.73. The monoisotopic (exact) mass is 256 g/mol. The molecule has 1 rings (SSSR count). The molecular formula is C15H32N2O. The van der Waals surface area contributed by atoms with Gasteiger partial charge in [-0.2, -0.15) is 0 Å². The summed E-state index contributed by atoms with van der Waals surface area (Å²) < 4.78 is 0. The van der Waals surface area contributed by atoms with Gasteiger partial charge >= 0.3 is 0 Å². The maximum Gasteiger partial charge on any atom is 0.0527 e. The van der Waals surface area contributed by atoms with Crippen LogP contribution in [0, 0.1) is 0 Å². The zero-order valence-electron chi connectivity index (χ0n) is 12.7. The molecule has 3 heteroatoms. The van der Waals surface area contributed by atoms with Crippen LogP contribution in [-0.4, -0.2) is 40.3 Å². The number of nitrogens with zero attached hydrogens (tertiary/aromatic N) is 1. The van der Waals surface area contributed by atoms with Gasteiger partial charge in [0.1, 0.15) is 0 Å². The van der Waals surface area contributed by atoms with Crippen molar-refractivity contribution in [3.63, 3.8) is 0 Å². The number of likely N-dealkylation sites (tertiary alicyclic amines) is 1. The minimum Gasteiger partial charge on any atom is -0.393 e. The van der Waals surface area contributed by atoms with E-state index in [9.17, 15) is 5.11 Å². The Balaban J connectivity index is 2.89. The molecule has 4 atom stereocenters. The van der Waals surface area contributed by atoms with Crippen molar-refractivity contribution >= 4 is 0 Å². The zero-order valence-corrected chi connectivity index (χ0v) is 12.7. The predicted molar refractivity (Wildman–Crippen MR) is 77.6 cm³/mol. The van der Waals surface area contributed by atoms with Crippen LogP contribution >= 0.6 is 0 Å². The molecule has 1 heterocycles. The van der Waals surface area contributed by atoms with Crippen molar-refractivity contribution in [3.8, 4) is 0 Å². The summed E-state index contributed by atoms with van der Waals surface area (Å²) in [6.45, 7) is 9.67. The van der Waals surface area contributed by atoms with E-state index in [0.29, 0.717) is 6.04 Å². The van der Waals surface area contributed by atoms with E-state index in [0.717, 1.165) is 19.4 Å². The van der Waals surface area contributed by atoms with Crippen LogP contribution < -0.4 is 5.73 Å². The Kier molecular flexibility index (Phi) is 6.09. The standard InChI is InChI=1S/C15H32N2O/c1-5-15(4,13(3)16)17-10-8-6-7-9-14(17)11-12(2)18/h12-14,18H,5-11,16H2,1-4H3. The fourth-order valence-corrected chi connectivity index (χ4v) is 3.28. The molecule has 3 N–H and O–H groups in total. The van der Waals surface area contributed by atoms with Crippen molar-refractivity contribution in [3.05, 3.63) is 0 Å². The second-order valence-electron chi connectivity index (χ2n) is 6.28. The van der Waals surface area contributed by atoms with E-state index in [4.69, 9.17) is 5.73 Å². The maximum atomic E-state index is 9.73.